The number of aromatic nitrogens is 1. The van der Waals surface area contributed by atoms with Gasteiger partial charge in [-0.15, -0.1) is 11.3 Å². The molecule has 0 fully saturated rings. The molecule has 0 saturated heterocycles. The Morgan fingerprint density at radius 3 is 2.40 bits per heavy atom. The molecule has 1 aromatic rings. The maximum absolute atomic E-state index is 9.85. The molecule has 2 atom stereocenters. The van der Waals surface area contributed by atoms with E-state index in [9.17, 15) is 10.2 Å². The second-order valence-electron chi connectivity index (χ2n) is 4.94. The predicted octanol–water partition coefficient (Wildman–Crippen LogP) is 1.76. The number of aryl methyl sites for hydroxylation is 1. The Balaban J connectivity index is 2.59. The molecular formula is C11H19NO2S. The summed E-state index contributed by atoms with van der Waals surface area (Å²) in [6.07, 6.45) is -1.05. The summed E-state index contributed by atoms with van der Waals surface area (Å²) in [4.78, 5) is 4.26. The first kappa shape index (κ1) is 12.6. The fourth-order valence-electron chi connectivity index (χ4n) is 1.41. The SMILES string of the molecule is Cc1nc(CC(O)C(O)C(C)(C)C)cs1. The highest BCUT2D eigenvalue weighted by Crippen LogP contribution is 2.23. The molecule has 0 aliphatic rings. The van der Waals surface area contributed by atoms with E-state index < -0.39 is 12.2 Å². The Kier molecular flexibility index (Phi) is 3.87. The number of thiazole rings is 1. The monoisotopic (exact) mass is 229 g/mol. The van der Waals surface area contributed by atoms with Gasteiger partial charge >= 0.3 is 0 Å². The molecule has 15 heavy (non-hydrogen) atoms. The van der Waals surface area contributed by atoms with Gasteiger partial charge in [0.25, 0.3) is 0 Å². The van der Waals surface area contributed by atoms with Gasteiger partial charge in [-0.2, -0.15) is 0 Å². The summed E-state index contributed by atoms with van der Waals surface area (Å²) in [5.74, 6) is 0. The molecule has 0 amide bonds. The number of rotatable bonds is 3. The van der Waals surface area contributed by atoms with Gasteiger partial charge < -0.3 is 10.2 Å². The second kappa shape index (κ2) is 4.60. The van der Waals surface area contributed by atoms with Crippen molar-refractivity contribution in [2.45, 2.75) is 46.3 Å². The smallest absolute Gasteiger partial charge is 0.0897 e. The van der Waals surface area contributed by atoms with Crippen LogP contribution < -0.4 is 0 Å². The minimum absolute atomic E-state index is 0.301. The summed E-state index contributed by atoms with van der Waals surface area (Å²) in [5.41, 5.74) is 0.554. The summed E-state index contributed by atoms with van der Waals surface area (Å²) in [6.45, 7) is 7.66. The van der Waals surface area contributed by atoms with Gasteiger partial charge in [-0.1, -0.05) is 20.8 Å². The molecule has 4 heteroatoms. The van der Waals surface area contributed by atoms with E-state index in [1.807, 2.05) is 33.1 Å². The first-order valence-corrected chi connectivity index (χ1v) is 5.96. The number of aliphatic hydroxyl groups excluding tert-OH is 2. The second-order valence-corrected chi connectivity index (χ2v) is 6.00. The van der Waals surface area contributed by atoms with Crippen molar-refractivity contribution in [3.05, 3.63) is 16.1 Å². The molecular weight excluding hydrogens is 210 g/mol. The number of hydrogen-bond acceptors (Lipinski definition) is 4. The van der Waals surface area contributed by atoms with E-state index >= 15 is 0 Å². The molecule has 86 valence electrons. The van der Waals surface area contributed by atoms with Crippen LogP contribution in [0.5, 0.6) is 0 Å². The van der Waals surface area contributed by atoms with Crippen LogP contribution in [0.4, 0.5) is 0 Å². The highest BCUT2D eigenvalue weighted by Gasteiger charge is 2.29. The Morgan fingerprint density at radius 1 is 1.40 bits per heavy atom. The van der Waals surface area contributed by atoms with Crippen molar-refractivity contribution in [3.8, 4) is 0 Å². The third kappa shape index (κ3) is 3.55. The Labute approximate surface area is 94.8 Å². The molecule has 0 aliphatic heterocycles. The van der Waals surface area contributed by atoms with E-state index in [0.717, 1.165) is 10.7 Å². The van der Waals surface area contributed by atoms with Crippen LogP contribution in [0, 0.1) is 12.3 Å². The molecule has 0 spiro atoms. The van der Waals surface area contributed by atoms with Gasteiger partial charge in [0.1, 0.15) is 0 Å². The zero-order chi connectivity index (χ0) is 11.6. The number of aliphatic hydroxyl groups is 2. The van der Waals surface area contributed by atoms with Gasteiger partial charge in [0.2, 0.25) is 0 Å². The molecule has 3 nitrogen and oxygen atoms in total. The lowest BCUT2D eigenvalue weighted by Gasteiger charge is -2.29. The molecule has 0 saturated carbocycles. The van der Waals surface area contributed by atoms with Crippen molar-refractivity contribution in [2.75, 3.05) is 0 Å². The summed E-state index contributed by atoms with van der Waals surface area (Å²) >= 11 is 1.56. The van der Waals surface area contributed by atoms with Crippen LogP contribution in [0.3, 0.4) is 0 Å². The van der Waals surface area contributed by atoms with Crippen LogP contribution in [0.1, 0.15) is 31.5 Å². The minimum atomic E-state index is -0.744. The van der Waals surface area contributed by atoms with Crippen LogP contribution in [-0.2, 0) is 6.42 Å². The third-order valence-electron chi connectivity index (χ3n) is 2.34. The van der Waals surface area contributed by atoms with Crippen molar-refractivity contribution in [3.63, 3.8) is 0 Å². The van der Waals surface area contributed by atoms with Crippen molar-refractivity contribution < 1.29 is 10.2 Å². The summed E-state index contributed by atoms with van der Waals surface area (Å²) in [5, 5.41) is 22.6. The van der Waals surface area contributed by atoms with E-state index in [2.05, 4.69) is 4.98 Å². The first-order chi connectivity index (χ1) is 6.80. The predicted molar refractivity (Wildman–Crippen MR) is 62.0 cm³/mol. The van der Waals surface area contributed by atoms with Crippen molar-refractivity contribution in [1.29, 1.82) is 0 Å². The molecule has 0 bridgehead atoms. The van der Waals surface area contributed by atoms with Gasteiger partial charge in [0, 0.05) is 11.8 Å². The minimum Gasteiger partial charge on any atom is -0.390 e. The lowest BCUT2D eigenvalue weighted by atomic mass is 9.84. The van der Waals surface area contributed by atoms with Crippen molar-refractivity contribution >= 4 is 11.3 Å². The number of nitrogens with zero attached hydrogens (tertiary/aromatic N) is 1. The average molecular weight is 229 g/mol. The van der Waals surface area contributed by atoms with Crippen molar-refractivity contribution in [1.82, 2.24) is 4.98 Å². The van der Waals surface area contributed by atoms with Gasteiger partial charge in [0.05, 0.1) is 22.9 Å². The quantitative estimate of drug-likeness (QED) is 0.830. The zero-order valence-electron chi connectivity index (χ0n) is 9.69. The summed E-state index contributed by atoms with van der Waals surface area (Å²) < 4.78 is 0. The molecule has 2 unspecified atom stereocenters. The zero-order valence-corrected chi connectivity index (χ0v) is 10.5. The first-order valence-electron chi connectivity index (χ1n) is 5.08. The molecule has 2 N–H and O–H groups in total. The standard InChI is InChI=1S/C11H19NO2S/c1-7-12-8(6-15-7)5-9(13)10(14)11(2,3)4/h6,9-10,13-14H,5H2,1-4H3. The van der Waals surface area contributed by atoms with E-state index in [1.165, 1.54) is 0 Å². The Morgan fingerprint density at radius 2 is 2.00 bits per heavy atom. The van der Waals surface area contributed by atoms with Crippen LogP contribution in [0.25, 0.3) is 0 Å². The molecule has 0 aliphatic carbocycles. The van der Waals surface area contributed by atoms with E-state index in [1.54, 1.807) is 11.3 Å². The highest BCUT2D eigenvalue weighted by atomic mass is 32.1. The maximum Gasteiger partial charge on any atom is 0.0897 e. The van der Waals surface area contributed by atoms with Crippen LogP contribution >= 0.6 is 11.3 Å². The molecule has 1 aromatic heterocycles. The number of hydrogen-bond donors (Lipinski definition) is 2. The fraction of sp³-hybridized carbons (Fsp3) is 0.727. The topological polar surface area (TPSA) is 53.4 Å². The molecule has 0 radical (unpaired) electrons. The van der Waals surface area contributed by atoms with Crippen LogP contribution in [0.2, 0.25) is 0 Å². The van der Waals surface area contributed by atoms with Gasteiger partial charge in [-0.05, 0) is 12.3 Å². The van der Waals surface area contributed by atoms with Gasteiger partial charge in [-0.3, -0.25) is 0 Å². The summed E-state index contributed by atoms with van der Waals surface area (Å²) in [7, 11) is 0. The molecule has 0 aromatic carbocycles. The summed E-state index contributed by atoms with van der Waals surface area (Å²) in [6, 6.07) is 0. The Hall–Kier alpha value is -0.450. The average Bonchev–Trinajstić information content (AvgIpc) is 2.48. The fourth-order valence-corrected chi connectivity index (χ4v) is 2.03. The Bertz CT molecular complexity index is 317. The van der Waals surface area contributed by atoms with Crippen LogP contribution in [-0.4, -0.2) is 27.4 Å². The van der Waals surface area contributed by atoms with E-state index in [0.29, 0.717) is 6.42 Å². The lowest BCUT2D eigenvalue weighted by Crippen LogP contribution is -2.38. The molecule has 1 heterocycles. The normalized spacial score (nSPS) is 16.4. The molecule has 1 rings (SSSR count). The van der Waals surface area contributed by atoms with Gasteiger partial charge in [-0.25, -0.2) is 4.98 Å². The van der Waals surface area contributed by atoms with E-state index in [-0.39, 0.29) is 5.41 Å². The maximum atomic E-state index is 9.85. The van der Waals surface area contributed by atoms with Crippen molar-refractivity contribution in [2.24, 2.45) is 5.41 Å². The van der Waals surface area contributed by atoms with E-state index in [4.69, 9.17) is 0 Å². The third-order valence-corrected chi connectivity index (χ3v) is 3.16. The highest BCUT2D eigenvalue weighted by molar-refractivity contribution is 7.09. The van der Waals surface area contributed by atoms with Crippen LogP contribution in [0.15, 0.2) is 5.38 Å². The largest absolute Gasteiger partial charge is 0.390 e. The lowest BCUT2D eigenvalue weighted by molar-refractivity contribution is -0.0437. The van der Waals surface area contributed by atoms with Gasteiger partial charge in [0.15, 0.2) is 0 Å².